The number of imidazole rings is 1. The van der Waals surface area contributed by atoms with Gasteiger partial charge in [0.05, 0.1) is 46.2 Å². The lowest BCUT2D eigenvalue weighted by Crippen LogP contribution is -2.39. The number of nitrogens with zero attached hydrogens (tertiary/aromatic N) is 5. The van der Waals surface area contributed by atoms with Gasteiger partial charge >= 0.3 is 6.18 Å². The Morgan fingerprint density at radius 2 is 1.60 bits per heavy atom. The van der Waals surface area contributed by atoms with E-state index >= 15 is 0 Å². The van der Waals surface area contributed by atoms with Gasteiger partial charge in [0.1, 0.15) is 0 Å². The number of piperidine rings is 1. The summed E-state index contributed by atoms with van der Waals surface area (Å²) in [5.74, 6) is -3.99. The Morgan fingerprint density at radius 3 is 2.24 bits per heavy atom. The van der Waals surface area contributed by atoms with Crippen molar-refractivity contribution in [3.05, 3.63) is 78.4 Å². The summed E-state index contributed by atoms with van der Waals surface area (Å²) in [6.45, 7) is 2.59. The number of aromatic nitrogens is 4. The van der Waals surface area contributed by atoms with Crippen LogP contribution in [-0.2, 0) is 7.05 Å². The average Bonchev–Trinajstić information content (AvgIpc) is 3.53. The van der Waals surface area contributed by atoms with Crippen LogP contribution in [0.4, 0.5) is 27.6 Å². The van der Waals surface area contributed by atoms with E-state index in [1.54, 1.807) is 6.33 Å². The van der Waals surface area contributed by atoms with Crippen LogP contribution in [0.3, 0.4) is 0 Å². The molecule has 1 aliphatic carbocycles. The maximum absolute atomic E-state index is 14.4. The minimum atomic E-state index is -4.18. The zero-order chi connectivity index (χ0) is 31.5. The minimum Gasteiger partial charge on any atom is -0.371 e. The molecule has 0 radical (unpaired) electrons. The summed E-state index contributed by atoms with van der Waals surface area (Å²) in [5, 5.41) is 0.925. The monoisotopic (exact) mass is 621 g/mol. The lowest BCUT2D eigenvalue weighted by atomic mass is 9.79. The molecule has 2 aromatic carbocycles. The molecule has 1 atom stereocenters. The van der Waals surface area contributed by atoms with Gasteiger partial charge in [-0.25, -0.2) is 13.8 Å². The van der Waals surface area contributed by atoms with Crippen molar-refractivity contribution < 1.29 is 22.0 Å². The maximum Gasteiger partial charge on any atom is 0.391 e. The third-order valence-electron chi connectivity index (χ3n) is 9.97. The molecular weight excluding hydrogens is 585 g/mol. The topological polar surface area (TPSA) is 38.9 Å². The first-order chi connectivity index (χ1) is 21.5. The molecule has 10 heteroatoms. The van der Waals surface area contributed by atoms with Gasteiger partial charge in [0.25, 0.3) is 0 Å². The third kappa shape index (κ3) is 5.46. The van der Waals surface area contributed by atoms with Crippen LogP contribution in [0.5, 0.6) is 0 Å². The number of anilines is 1. The highest BCUT2D eigenvalue weighted by atomic mass is 19.4. The Balaban J connectivity index is 1.42. The second-order valence-corrected chi connectivity index (χ2v) is 12.8. The van der Waals surface area contributed by atoms with Gasteiger partial charge < -0.3 is 14.0 Å². The molecule has 5 nitrogen and oxygen atoms in total. The molecule has 0 bridgehead atoms. The Hall–Kier alpha value is -3.95. The quantitative estimate of drug-likeness (QED) is 0.184. The summed E-state index contributed by atoms with van der Waals surface area (Å²) >= 11 is 0. The van der Waals surface area contributed by atoms with Crippen molar-refractivity contribution in [2.75, 3.05) is 18.0 Å². The molecule has 7 rings (SSSR count). The molecule has 4 heterocycles. The van der Waals surface area contributed by atoms with Crippen LogP contribution in [0.15, 0.2) is 67.1 Å². The van der Waals surface area contributed by atoms with Crippen LogP contribution in [0.2, 0.25) is 0 Å². The average molecular weight is 622 g/mol. The standard InChI is InChI=1S/C35H36F5N5/c1-22-32(43(2)21-42-22)25-18-30-31(41-20-25)28-9-8-27(44-16-12-26(13-17-44)35(38,39)40)19-29(28)45(30)33(23-6-4-3-5-7-23)24-10-14-34(36,37)15-11-24/h3-9,18-21,24,26,33H,10-17H2,1-2H3. The first-order valence-corrected chi connectivity index (χ1v) is 15.7. The molecule has 45 heavy (non-hydrogen) atoms. The lowest BCUT2D eigenvalue weighted by molar-refractivity contribution is -0.179. The normalized spacial score (nSPS) is 19.0. The van der Waals surface area contributed by atoms with E-state index in [0.717, 1.165) is 50.1 Å². The van der Waals surface area contributed by atoms with E-state index in [1.165, 1.54) is 0 Å². The SMILES string of the molecule is Cc1ncn(C)c1-c1cnc2c3ccc(N4CCC(C(F)(F)F)CC4)cc3n(C(c3ccccc3)C3CCC(F)(F)CC3)c2c1. The molecular formula is C35H36F5N5. The van der Waals surface area contributed by atoms with Crippen LogP contribution in [0.25, 0.3) is 33.2 Å². The lowest BCUT2D eigenvalue weighted by Gasteiger charge is -2.36. The second-order valence-electron chi connectivity index (χ2n) is 12.8. The molecule has 0 N–H and O–H groups in total. The van der Waals surface area contributed by atoms with Crippen LogP contribution in [0, 0.1) is 18.8 Å². The predicted molar refractivity (Wildman–Crippen MR) is 167 cm³/mol. The summed E-state index contributed by atoms with van der Waals surface area (Å²) in [4.78, 5) is 11.5. The van der Waals surface area contributed by atoms with Crippen molar-refractivity contribution in [1.82, 2.24) is 19.1 Å². The van der Waals surface area contributed by atoms with Crippen molar-refractivity contribution in [2.24, 2.45) is 18.9 Å². The van der Waals surface area contributed by atoms with E-state index < -0.39 is 18.0 Å². The molecule has 3 aromatic heterocycles. The molecule has 2 fully saturated rings. The Kier molecular flexibility index (Phi) is 7.36. The number of rotatable bonds is 5. The molecule has 0 spiro atoms. The largest absolute Gasteiger partial charge is 0.391 e. The van der Waals surface area contributed by atoms with Crippen molar-refractivity contribution >= 4 is 27.6 Å². The summed E-state index contributed by atoms with van der Waals surface area (Å²) in [7, 11) is 1.94. The van der Waals surface area contributed by atoms with Crippen molar-refractivity contribution in [3.63, 3.8) is 0 Å². The smallest absolute Gasteiger partial charge is 0.371 e. The molecule has 0 amide bonds. The number of aryl methyl sites for hydroxylation is 2. The third-order valence-corrected chi connectivity index (χ3v) is 9.97. The first kappa shape index (κ1) is 29.7. The zero-order valence-electron chi connectivity index (χ0n) is 25.4. The molecule has 5 aromatic rings. The highest BCUT2D eigenvalue weighted by Crippen LogP contribution is 2.47. The van der Waals surface area contributed by atoms with Gasteiger partial charge in [0.2, 0.25) is 5.92 Å². The van der Waals surface area contributed by atoms with Crippen LogP contribution >= 0.6 is 0 Å². The highest BCUT2D eigenvalue weighted by molar-refractivity contribution is 6.07. The van der Waals surface area contributed by atoms with E-state index in [4.69, 9.17) is 4.98 Å². The number of benzene rings is 2. The van der Waals surface area contributed by atoms with Gasteiger partial charge in [0, 0.05) is 55.8 Å². The van der Waals surface area contributed by atoms with Gasteiger partial charge in [-0.1, -0.05) is 30.3 Å². The maximum atomic E-state index is 14.4. The zero-order valence-corrected chi connectivity index (χ0v) is 25.4. The van der Waals surface area contributed by atoms with Gasteiger partial charge in [-0.05, 0) is 68.4 Å². The first-order valence-electron chi connectivity index (χ1n) is 15.7. The minimum absolute atomic E-state index is 0.0425. The number of halogens is 5. The fourth-order valence-corrected chi connectivity index (χ4v) is 7.60. The number of hydrogen-bond donors (Lipinski definition) is 0. The Bertz CT molecular complexity index is 1800. The van der Waals surface area contributed by atoms with E-state index in [-0.39, 0.29) is 37.6 Å². The molecule has 1 unspecified atom stereocenters. The number of alkyl halides is 5. The molecule has 2 aliphatic rings. The summed E-state index contributed by atoms with van der Waals surface area (Å²) in [6, 6.07) is 18.0. The molecule has 236 valence electrons. The molecule has 1 aliphatic heterocycles. The predicted octanol–water partition coefficient (Wildman–Crippen LogP) is 9.09. The highest BCUT2D eigenvalue weighted by Gasteiger charge is 2.42. The van der Waals surface area contributed by atoms with Crippen LogP contribution in [0.1, 0.15) is 55.8 Å². The van der Waals surface area contributed by atoms with Gasteiger partial charge in [-0.2, -0.15) is 13.2 Å². The van der Waals surface area contributed by atoms with E-state index in [0.29, 0.717) is 25.9 Å². The second kappa shape index (κ2) is 11.1. The van der Waals surface area contributed by atoms with Crippen molar-refractivity contribution in [2.45, 2.75) is 63.6 Å². The number of fused-ring (bicyclic) bond motifs is 3. The van der Waals surface area contributed by atoms with Crippen LogP contribution in [-0.4, -0.2) is 44.3 Å². The van der Waals surface area contributed by atoms with Gasteiger partial charge in [-0.3, -0.25) is 4.98 Å². The Labute approximate surface area is 258 Å². The number of hydrogen-bond acceptors (Lipinski definition) is 3. The summed E-state index contributed by atoms with van der Waals surface area (Å²) in [5.41, 5.74) is 7.21. The number of pyridine rings is 1. The molecule has 1 saturated heterocycles. The molecule has 1 saturated carbocycles. The van der Waals surface area contributed by atoms with Crippen molar-refractivity contribution in [3.8, 4) is 11.3 Å². The Morgan fingerprint density at radius 1 is 0.889 bits per heavy atom. The van der Waals surface area contributed by atoms with Crippen LogP contribution < -0.4 is 4.90 Å². The van der Waals surface area contributed by atoms with Gasteiger partial charge in [0.15, 0.2) is 0 Å². The van der Waals surface area contributed by atoms with E-state index in [2.05, 4.69) is 33.8 Å². The summed E-state index contributed by atoms with van der Waals surface area (Å²) in [6.07, 6.45) is 0.00400. The summed E-state index contributed by atoms with van der Waals surface area (Å²) < 4.78 is 73.4. The fourth-order valence-electron chi connectivity index (χ4n) is 7.60. The van der Waals surface area contributed by atoms with E-state index in [1.807, 2.05) is 60.0 Å². The van der Waals surface area contributed by atoms with Gasteiger partial charge in [-0.15, -0.1) is 0 Å². The van der Waals surface area contributed by atoms with E-state index in [9.17, 15) is 22.0 Å². The van der Waals surface area contributed by atoms with Crippen molar-refractivity contribution in [1.29, 1.82) is 0 Å². The fraction of sp³-hybridized carbons (Fsp3) is 0.429.